The second-order valence-electron chi connectivity index (χ2n) is 7.17. The molecule has 0 saturated heterocycles. The fourth-order valence-electron chi connectivity index (χ4n) is 3.78. The van der Waals surface area contributed by atoms with Crippen molar-refractivity contribution in [3.63, 3.8) is 0 Å². The van der Waals surface area contributed by atoms with Crippen LogP contribution in [0, 0.1) is 0 Å². The smallest absolute Gasteiger partial charge is 0.0190 e. The first-order valence-corrected chi connectivity index (χ1v) is 12.5. The van der Waals surface area contributed by atoms with E-state index in [1.807, 2.05) is 0 Å². The minimum absolute atomic E-state index is 0.595. The van der Waals surface area contributed by atoms with Gasteiger partial charge in [0.1, 0.15) is 0 Å². The molecule has 4 heteroatoms. The van der Waals surface area contributed by atoms with Crippen molar-refractivity contribution in [2.75, 3.05) is 0 Å². The van der Waals surface area contributed by atoms with Gasteiger partial charge in [-0.2, -0.15) is 48.8 Å². The highest BCUT2D eigenvalue weighted by atomic mass is 32.2. The van der Waals surface area contributed by atoms with Crippen molar-refractivity contribution in [2.45, 2.75) is 83.9 Å². The Hall–Kier alpha value is 0.620. The van der Waals surface area contributed by atoms with Crippen LogP contribution in [0.25, 0.3) is 0 Å². The molecule has 24 heavy (non-hydrogen) atoms. The Bertz CT molecular complexity index is 459. The first-order chi connectivity index (χ1) is 11.7. The molecule has 1 aromatic rings. The molecule has 0 bridgehead atoms. The Kier molecular flexibility index (Phi) is 8.14. The molecule has 0 N–H and O–H groups in total. The minimum Gasteiger partial charge on any atom is -0.175 e. The van der Waals surface area contributed by atoms with E-state index >= 15 is 0 Å². The van der Waals surface area contributed by atoms with Crippen LogP contribution in [0.4, 0.5) is 0 Å². The summed E-state index contributed by atoms with van der Waals surface area (Å²) in [5, 5.41) is 2.67. The molecule has 0 spiro atoms. The van der Waals surface area contributed by atoms with E-state index in [-0.39, 0.29) is 0 Å². The van der Waals surface area contributed by atoms with Crippen molar-refractivity contribution < 1.29 is 0 Å². The van der Waals surface area contributed by atoms with Gasteiger partial charge in [-0.15, -0.1) is 0 Å². The van der Waals surface area contributed by atoms with E-state index in [0.29, 0.717) is 10.5 Å². The van der Waals surface area contributed by atoms with Crippen LogP contribution in [0.15, 0.2) is 24.3 Å². The third-order valence-corrected chi connectivity index (χ3v) is 9.94. The van der Waals surface area contributed by atoms with Crippen molar-refractivity contribution in [2.24, 2.45) is 0 Å². The average Bonchev–Trinajstić information content (AvgIpc) is 2.61. The molecule has 0 radical (unpaired) electrons. The molecular formula is C20H30S4. The van der Waals surface area contributed by atoms with Gasteiger partial charge in [0.25, 0.3) is 0 Å². The summed E-state index contributed by atoms with van der Waals surface area (Å²) in [6.07, 6.45) is 10.8. The largest absolute Gasteiger partial charge is 0.175 e. The molecule has 0 heterocycles. The number of rotatable bonds is 6. The Balaban J connectivity index is 1.54. The maximum absolute atomic E-state index is 4.82. The van der Waals surface area contributed by atoms with E-state index in [1.165, 1.54) is 62.5 Å². The number of hydrogen-bond acceptors (Lipinski definition) is 4. The molecule has 2 aliphatic rings. The molecule has 134 valence electrons. The lowest BCUT2D eigenvalue weighted by atomic mass is 10.00. The van der Waals surface area contributed by atoms with Crippen LogP contribution in [0.2, 0.25) is 0 Å². The Morgan fingerprint density at radius 1 is 0.708 bits per heavy atom. The third kappa shape index (κ3) is 5.56. The lowest BCUT2D eigenvalue weighted by Crippen LogP contribution is -2.22. The predicted molar refractivity (Wildman–Crippen MR) is 119 cm³/mol. The first kappa shape index (κ1) is 19.4. The number of thioether (sulfide) groups is 2. The summed E-state index contributed by atoms with van der Waals surface area (Å²) in [5.41, 5.74) is 3.07. The summed E-state index contributed by atoms with van der Waals surface area (Å²) in [6, 6.07) is 9.06. The van der Waals surface area contributed by atoms with Gasteiger partial charge in [0.05, 0.1) is 0 Å². The van der Waals surface area contributed by atoms with Crippen LogP contribution in [-0.4, -0.2) is 21.0 Å². The maximum Gasteiger partial charge on any atom is 0.0190 e. The molecule has 2 fully saturated rings. The molecule has 0 aliphatic heterocycles. The van der Waals surface area contributed by atoms with Crippen molar-refractivity contribution in [3.8, 4) is 0 Å². The fourth-order valence-corrected chi connectivity index (χ4v) is 7.69. The molecule has 0 nitrogen and oxygen atoms in total. The van der Waals surface area contributed by atoms with E-state index < -0.39 is 0 Å². The topological polar surface area (TPSA) is 0 Å². The molecule has 0 amide bonds. The van der Waals surface area contributed by atoms with Gasteiger partial charge in [0.15, 0.2) is 0 Å². The quantitative estimate of drug-likeness (QED) is 0.516. The molecule has 4 unspecified atom stereocenters. The monoisotopic (exact) mass is 398 g/mol. The van der Waals surface area contributed by atoms with Crippen molar-refractivity contribution in [1.29, 1.82) is 0 Å². The molecule has 0 aromatic heterocycles. The van der Waals surface area contributed by atoms with Crippen LogP contribution in [0.1, 0.15) is 62.5 Å². The van der Waals surface area contributed by atoms with E-state index in [1.54, 1.807) is 0 Å². The number of benzene rings is 1. The summed E-state index contributed by atoms with van der Waals surface area (Å²) in [6.45, 7) is 0. The molecule has 2 aliphatic carbocycles. The summed E-state index contributed by atoms with van der Waals surface area (Å²) >= 11 is 13.9. The Morgan fingerprint density at radius 3 is 1.54 bits per heavy atom. The first-order valence-electron chi connectivity index (χ1n) is 9.40. The maximum atomic E-state index is 4.82. The van der Waals surface area contributed by atoms with Gasteiger partial charge in [-0.3, -0.25) is 0 Å². The zero-order valence-electron chi connectivity index (χ0n) is 14.4. The van der Waals surface area contributed by atoms with E-state index in [4.69, 9.17) is 25.3 Å². The summed E-state index contributed by atoms with van der Waals surface area (Å²) in [4.78, 5) is 0. The molecular weight excluding hydrogens is 368 g/mol. The van der Waals surface area contributed by atoms with Crippen LogP contribution >= 0.6 is 48.8 Å². The highest BCUT2D eigenvalue weighted by Gasteiger charge is 2.24. The molecule has 1 aromatic carbocycles. The van der Waals surface area contributed by atoms with Crippen molar-refractivity contribution in [1.82, 2.24) is 0 Å². The van der Waals surface area contributed by atoms with E-state index in [2.05, 4.69) is 47.8 Å². The van der Waals surface area contributed by atoms with Gasteiger partial charge in [-0.25, -0.2) is 0 Å². The number of hydrogen-bond donors (Lipinski definition) is 2. The zero-order valence-corrected chi connectivity index (χ0v) is 17.8. The average molecular weight is 399 g/mol. The van der Waals surface area contributed by atoms with E-state index in [0.717, 1.165) is 22.0 Å². The molecule has 4 atom stereocenters. The fraction of sp³-hybridized carbons (Fsp3) is 0.700. The van der Waals surface area contributed by atoms with Gasteiger partial charge in [-0.1, -0.05) is 49.9 Å². The summed E-state index contributed by atoms with van der Waals surface area (Å²) < 4.78 is 0. The van der Waals surface area contributed by atoms with Gasteiger partial charge in [0, 0.05) is 32.5 Å². The third-order valence-electron chi connectivity index (χ3n) is 5.36. The second-order valence-corrected chi connectivity index (χ2v) is 11.0. The minimum atomic E-state index is 0.595. The van der Waals surface area contributed by atoms with Crippen LogP contribution in [0.3, 0.4) is 0 Å². The molecule has 2 saturated carbocycles. The number of thiol groups is 2. The van der Waals surface area contributed by atoms with Gasteiger partial charge < -0.3 is 0 Å². The normalized spacial score (nSPS) is 31.1. The van der Waals surface area contributed by atoms with Gasteiger partial charge in [-0.05, 0) is 36.8 Å². The van der Waals surface area contributed by atoms with Crippen LogP contribution in [0.5, 0.6) is 0 Å². The van der Waals surface area contributed by atoms with Gasteiger partial charge in [0.2, 0.25) is 0 Å². The highest BCUT2D eigenvalue weighted by molar-refractivity contribution is 8.00. The SMILES string of the molecule is SC1CCCCC1SCc1ccccc1CSC1CCCCC1S. The lowest BCUT2D eigenvalue weighted by molar-refractivity contribution is 0.529. The van der Waals surface area contributed by atoms with Crippen LogP contribution in [-0.2, 0) is 11.5 Å². The van der Waals surface area contributed by atoms with Crippen molar-refractivity contribution in [3.05, 3.63) is 35.4 Å². The van der Waals surface area contributed by atoms with Gasteiger partial charge >= 0.3 is 0 Å². The van der Waals surface area contributed by atoms with E-state index in [9.17, 15) is 0 Å². The second kappa shape index (κ2) is 10.1. The Labute approximate surface area is 167 Å². The highest BCUT2D eigenvalue weighted by Crippen LogP contribution is 2.36. The summed E-state index contributed by atoms with van der Waals surface area (Å²) in [7, 11) is 0. The lowest BCUT2D eigenvalue weighted by Gasteiger charge is -2.28. The predicted octanol–water partition coefficient (Wildman–Crippen LogP) is 6.64. The van der Waals surface area contributed by atoms with Crippen molar-refractivity contribution >= 4 is 48.8 Å². The zero-order chi connectivity index (χ0) is 16.8. The Morgan fingerprint density at radius 2 is 1.12 bits per heavy atom. The molecule has 3 rings (SSSR count). The van der Waals surface area contributed by atoms with Crippen LogP contribution < -0.4 is 0 Å². The standard InChI is InChI=1S/C20H30S4/c21-17-9-3-5-11-19(17)23-13-15-7-1-2-8-16(15)14-24-20-12-6-4-10-18(20)22/h1-2,7-8,17-22H,3-6,9-14H2. The summed E-state index contributed by atoms with van der Waals surface area (Å²) in [5.74, 6) is 2.29.